The van der Waals surface area contributed by atoms with Gasteiger partial charge in [0, 0.05) is 7.05 Å². The summed E-state index contributed by atoms with van der Waals surface area (Å²) < 4.78 is 8.29. The lowest BCUT2D eigenvalue weighted by Crippen LogP contribution is -2.14. The summed E-state index contributed by atoms with van der Waals surface area (Å²) in [5, 5.41) is 0. The molecule has 3 rings (SSSR count). The van der Waals surface area contributed by atoms with Crippen molar-refractivity contribution >= 4 is 27.5 Å². The number of aromatic nitrogens is 1. The fourth-order valence-corrected chi connectivity index (χ4v) is 3.80. The number of aryl methyl sites for hydroxylation is 3. The minimum atomic E-state index is -0.142. The first kappa shape index (κ1) is 16.5. The Balaban J connectivity index is 1.92. The van der Waals surface area contributed by atoms with E-state index in [9.17, 15) is 4.79 Å². The average Bonchev–Trinajstić information content (AvgIpc) is 2.88. The van der Waals surface area contributed by atoms with Crippen molar-refractivity contribution in [1.29, 1.82) is 0 Å². The molecule has 1 heterocycles. The number of thiazole rings is 1. The van der Waals surface area contributed by atoms with Gasteiger partial charge < -0.3 is 9.30 Å². The van der Waals surface area contributed by atoms with Crippen molar-refractivity contribution in [2.24, 2.45) is 12.0 Å². The molecule has 0 aliphatic carbocycles. The van der Waals surface area contributed by atoms with E-state index in [1.54, 1.807) is 18.4 Å². The molecule has 1 amide bonds. The maximum atomic E-state index is 12.3. The number of benzene rings is 2. The molecule has 1 aromatic heterocycles. The third kappa shape index (κ3) is 3.12. The Morgan fingerprint density at radius 2 is 1.88 bits per heavy atom. The van der Waals surface area contributed by atoms with Crippen LogP contribution in [-0.4, -0.2) is 17.6 Å². The summed E-state index contributed by atoms with van der Waals surface area (Å²) in [5.74, 6) is 0.640. The summed E-state index contributed by atoms with van der Waals surface area (Å²) in [6.07, 6.45) is 0.288. The van der Waals surface area contributed by atoms with Crippen LogP contribution in [0.3, 0.4) is 0 Å². The van der Waals surface area contributed by atoms with Gasteiger partial charge in [-0.2, -0.15) is 4.99 Å². The summed E-state index contributed by atoms with van der Waals surface area (Å²) in [7, 11) is 3.59. The highest BCUT2D eigenvalue weighted by Gasteiger charge is 2.09. The molecule has 0 atom stereocenters. The second kappa shape index (κ2) is 6.61. The van der Waals surface area contributed by atoms with Crippen LogP contribution in [0.1, 0.15) is 16.7 Å². The van der Waals surface area contributed by atoms with Gasteiger partial charge >= 0.3 is 0 Å². The van der Waals surface area contributed by atoms with E-state index < -0.39 is 0 Å². The van der Waals surface area contributed by atoms with Crippen molar-refractivity contribution in [1.82, 2.24) is 4.57 Å². The molecule has 0 aliphatic heterocycles. The van der Waals surface area contributed by atoms with Crippen molar-refractivity contribution in [3.63, 3.8) is 0 Å². The number of methoxy groups -OCH3 is 1. The lowest BCUT2D eigenvalue weighted by Gasteiger charge is -2.03. The highest BCUT2D eigenvalue weighted by atomic mass is 32.1. The molecule has 2 aromatic carbocycles. The predicted octanol–water partition coefficient (Wildman–Crippen LogP) is 3.54. The molecule has 0 fully saturated rings. The van der Waals surface area contributed by atoms with E-state index in [1.807, 2.05) is 35.9 Å². The molecule has 0 saturated carbocycles. The van der Waals surface area contributed by atoms with E-state index >= 15 is 0 Å². The van der Waals surface area contributed by atoms with Crippen LogP contribution in [0.5, 0.6) is 5.75 Å². The smallest absolute Gasteiger partial charge is 0.252 e. The van der Waals surface area contributed by atoms with Gasteiger partial charge in [-0.25, -0.2) is 0 Å². The van der Waals surface area contributed by atoms with E-state index in [0.29, 0.717) is 0 Å². The van der Waals surface area contributed by atoms with Crippen LogP contribution in [0.15, 0.2) is 41.4 Å². The second-order valence-electron chi connectivity index (χ2n) is 5.83. The number of nitrogens with zero attached hydrogens (tertiary/aromatic N) is 2. The van der Waals surface area contributed by atoms with Gasteiger partial charge in [0.15, 0.2) is 4.80 Å². The topological polar surface area (TPSA) is 43.6 Å². The number of amides is 1. The van der Waals surface area contributed by atoms with Crippen molar-refractivity contribution in [2.45, 2.75) is 20.3 Å². The quantitative estimate of drug-likeness (QED) is 0.732. The molecule has 5 heteroatoms. The van der Waals surface area contributed by atoms with E-state index in [1.165, 1.54) is 11.1 Å². The fraction of sp³-hybridized carbons (Fsp3) is 0.263. The van der Waals surface area contributed by atoms with Crippen LogP contribution in [-0.2, 0) is 18.3 Å². The standard InChI is InChI=1S/C19H20N2O2S/c1-12-5-10-16-18(13(12)2)21(3)19(24-16)20-17(22)11-14-6-8-15(23-4)9-7-14/h5-10H,11H2,1-4H3. The summed E-state index contributed by atoms with van der Waals surface area (Å²) in [5.41, 5.74) is 4.55. The first-order valence-corrected chi connectivity index (χ1v) is 8.57. The average molecular weight is 340 g/mol. The monoisotopic (exact) mass is 340 g/mol. The number of fused-ring (bicyclic) bond motifs is 1. The first-order chi connectivity index (χ1) is 11.5. The molecule has 0 unspecified atom stereocenters. The lowest BCUT2D eigenvalue weighted by molar-refractivity contribution is -0.117. The SMILES string of the molecule is COc1ccc(CC(=O)N=c2sc3ccc(C)c(C)c3n2C)cc1. The van der Waals surface area contributed by atoms with Crippen molar-refractivity contribution in [3.05, 3.63) is 57.9 Å². The molecule has 24 heavy (non-hydrogen) atoms. The maximum Gasteiger partial charge on any atom is 0.252 e. The summed E-state index contributed by atoms with van der Waals surface area (Å²) in [6, 6.07) is 11.7. The Morgan fingerprint density at radius 1 is 1.17 bits per heavy atom. The number of hydrogen-bond acceptors (Lipinski definition) is 3. The van der Waals surface area contributed by atoms with Crippen LogP contribution in [0.25, 0.3) is 10.2 Å². The van der Waals surface area contributed by atoms with Crippen LogP contribution >= 0.6 is 11.3 Å². The number of carbonyl (C=O) groups is 1. The molecule has 124 valence electrons. The number of hydrogen-bond donors (Lipinski definition) is 0. The number of carbonyl (C=O) groups excluding carboxylic acids is 1. The Hall–Kier alpha value is -2.40. The zero-order valence-corrected chi connectivity index (χ0v) is 15.1. The third-order valence-electron chi connectivity index (χ3n) is 4.22. The van der Waals surface area contributed by atoms with Crippen LogP contribution in [0.4, 0.5) is 0 Å². The predicted molar refractivity (Wildman–Crippen MR) is 97.5 cm³/mol. The van der Waals surface area contributed by atoms with Gasteiger partial charge in [-0.05, 0) is 48.7 Å². The Kier molecular flexibility index (Phi) is 4.53. The maximum absolute atomic E-state index is 12.3. The molecular weight excluding hydrogens is 320 g/mol. The van der Waals surface area contributed by atoms with E-state index in [2.05, 4.69) is 31.0 Å². The largest absolute Gasteiger partial charge is 0.497 e. The zero-order chi connectivity index (χ0) is 17.3. The molecule has 0 spiro atoms. The minimum absolute atomic E-state index is 0.142. The Labute approximate surface area is 145 Å². The Morgan fingerprint density at radius 3 is 2.54 bits per heavy atom. The fourth-order valence-electron chi connectivity index (χ4n) is 2.70. The molecule has 0 bridgehead atoms. The van der Waals surface area contributed by atoms with Crippen molar-refractivity contribution in [3.8, 4) is 5.75 Å². The summed E-state index contributed by atoms with van der Waals surface area (Å²) in [6.45, 7) is 4.20. The normalized spacial score (nSPS) is 11.9. The molecular formula is C19H20N2O2S. The van der Waals surface area contributed by atoms with Gasteiger partial charge in [-0.1, -0.05) is 29.5 Å². The summed E-state index contributed by atoms with van der Waals surface area (Å²) >= 11 is 1.55. The molecule has 0 aliphatic rings. The van der Waals surface area contributed by atoms with Gasteiger partial charge in [0.1, 0.15) is 5.75 Å². The van der Waals surface area contributed by atoms with Gasteiger partial charge in [-0.3, -0.25) is 4.79 Å². The summed E-state index contributed by atoms with van der Waals surface area (Å²) in [4.78, 5) is 17.4. The molecule has 4 nitrogen and oxygen atoms in total. The molecule has 0 saturated heterocycles. The van der Waals surface area contributed by atoms with Gasteiger partial charge in [0.2, 0.25) is 0 Å². The third-order valence-corrected chi connectivity index (χ3v) is 5.32. The van der Waals surface area contributed by atoms with E-state index in [-0.39, 0.29) is 12.3 Å². The van der Waals surface area contributed by atoms with Gasteiger partial charge in [0.25, 0.3) is 5.91 Å². The van der Waals surface area contributed by atoms with E-state index in [0.717, 1.165) is 26.3 Å². The van der Waals surface area contributed by atoms with E-state index in [4.69, 9.17) is 4.74 Å². The zero-order valence-electron chi connectivity index (χ0n) is 14.3. The first-order valence-electron chi connectivity index (χ1n) is 7.76. The van der Waals surface area contributed by atoms with Crippen molar-refractivity contribution in [2.75, 3.05) is 7.11 Å². The highest BCUT2D eigenvalue weighted by molar-refractivity contribution is 7.16. The van der Waals surface area contributed by atoms with Crippen LogP contribution < -0.4 is 9.54 Å². The Bertz CT molecular complexity index is 965. The van der Waals surface area contributed by atoms with Crippen LogP contribution in [0, 0.1) is 13.8 Å². The highest BCUT2D eigenvalue weighted by Crippen LogP contribution is 2.23. The van der Waals surface area contributed by atoms with Crippen LogP contribution in [0.2, 0.25) is 0 Å². The molecule has 0 radical (unpaired) electrons. The number of rotatable bonds is 3. The van der Waals surface area contributed by atoms with Gasteiger partial charge in [0.05, 0.1) is 23.7 Å². The number of ether oxygens (including phenoxy) is 1. The van der Waals surface area contributed by atoms with Gasteiger partial charge in [-0.15, -0.1) is 0 Å². The van der Waals surface area contributed by atoms with Crippen molar-refractivity contribution < 1.29 is 9.53 Å². The molecule has 0 N–H and O–H groups in total. The molecule has 3 aromatic rings. The minimum Gasteiger partial charge on any atom is -0.497 e. The lowest BCUT2D eigenvalue weighted by atomic mass is 10.1. The second-order valence-corrected chi connectivity index (χ2v) is 6.84.